The van der Waals surface area contributed by atoms with Gasteiger partial charge in [-0.2, -0.15) is 0 Å². The van der Waals surface area contributed by atoms with Gasteiger partial charge in [0.1, 0.15) is 24.4 Å². The molecule has 0 bridgehead atoms. The van der Waals surface area contributed by atoms with Crippen LogP contribution >= 0.6 is 0 Å². The zero-order valence-electron chi connectivity index (χ0n) is 25.9. The molecule has 3 rings (SSSR count). The van der Waals surface area contributed by atoms with Crippen LogP contribution in [0.2, 0.25) is 0 Å². The van der Waals surface area contributed by atoms with E-state index < -0.39 is 29.6 Å². The van der Waals surface area contributed by atoms with Gasteiger partial charge < -0.3 is 30.7 Å². The number of amides is 3. The number of aliphatic hydroxyl groups is 1. The second-order valence-electron chi connectivity index (χ2n) is 11.9. The van der Waals surface area contributed by atoms with E-state index in [2.05, 4.69) is 16.0 Å². The third kappa shape index (κ3) is 9.03. The number of hydrogen-bond acceptors (Lipinski definition) is 6. The highest BCUT2D eigenvalue weighted by atomic mass is 16.5. The van der Waals surface area contributed by atoms with Gasteiger partial charge >= 0.3 is 0 Å². The molecule has 2 aromatic rings. The fourth-order valence-electron chi connectivity index (χ4n) is 5.34. The first kappa shape index (κ1) is 33.1. The zero-order chi connectivity index (χ0) is 30.9. The van der Waals surface area contributed by atoms with Gasteiger partial charge in [0.25, 0.3) is 0 Å². The van der Waals surface area contributed by atoms with Gasteiger partial charge in [-0.3, -0.25) is 14.4 Å². The molecule has 4 atom stereocenters. The predicted octanol–water partition coefficient (Wildman–Crippen LogP) is 2.77. The van der Waals surface area contributed by atoms with E-state index >= 15 is 0 Å². The number of rotatable bonds is 5. The minimum absolute atomic E-state index is 0.0385. The maximum atomic E-state index is 13.9. The van der Waals surface area contributed by atoms with Crippen LogP contribution in [0, 0.1) is 12.8 Å². The van der Waals surface area contributed by atoms with Gasteiger partial charge in [-0.1, -0.05) is 68.3 Å². The number of benzene rings is 2. The molecule has 3 amide bonds. The normalized spacial score (nSPS) is 22.6. The number of para-hydroxylation sites is 1. The third-order valence-electron chi connectivity index (χ3n) is 7.94. The molecule has 9 nitrogen and oxygen atoms in total. The molecule has 0 radical (unpaired) electrons. The van der Waals surface area contributed by atoms with Crippen molar-refractivity contribution in [3.8, 4) is 5.75 Å². The lowest BCUT2D eigenvalue weighted by molar-refractivity contribution is -0.150. The van der Waals surface area contributed by atoms with Crippen molar-refractivity contribution in [1.82, 2.24) is 20.9 Å². The molecule has 1 heterocycles. The van der Waals surface area contributed by atoms with Gasteiger partial charge in [0.2, 0.25) is 17.7 Å². The summed E-state index contributed by atoms with van der Waals surface area (Å²) in [6, 6.07) is 12.9. The summed E-state index contributed by atoms with van der Waals surface area (Å²) >= 11 is 0. The second-order valence-corrected chi connectivity index (χ2v) is 11.9. The molecule has 1 unspecified atom stereocenters. The van der Waals surface area contributed by atoms with Crippen molar-refractivity contribution >= 4 is 17.7 Å². The summed E-state index contributed by atoms with van der Waals surface area (Å²) in [6.45, 7) is 10.2. The number of carbonyl (C=O) groups is 3. The summed E-state index contributed by atoms with van der Waals surface area (Å²) in [4.78, 5) is 42.4. The standard InChI is InChI=1S/C33H48N4O5/c1-7-23(3)28-32(40)37(6)29(33(4,5)41)31(39)36-26(21-24-16-14-22(2)15-17-24)30(38)35-18-10-12-25-11-8-9-13-27(25)42-20-19-34-28/h8-9,11,13-17,23,26,28-29,34,41H,7,10,12,18-21H2,1-6H3,(H,35,38)(H,36,39)/t23?,26-,28+,29-/m1/s1. The fourth-order valence-corrected chi connectivity index (χ4v) is 5.34. The van der Waals surface area contributed by atoms with Crippen LogP contribution in [0.15, 0.2) is 48.5 Å². The van der Waals surface area contributed by atoms with E-state index in [0.717, 1.165) is 28.9 Å². The maximum Gasteiger partial charge on any atom is 0.246 e. The number of nitrogens with one attached hydrogen (secondary N) is 3. The molecular weight excluding hydrogens is 532 g/mol. The molecule has 0 aromatic heterocycles. The van der Waals surface area contributed by atoms with E-state index in [1.54, 1.807) is 0 Å². The summed E-state index contributed by atoms with van der Waals surface area (Å²) in [6.07, 6.45) is 2.40. The Labute approximate surface area is 250 Å². The summed E-state index contributed by atoms with van der Waals surface area (Å²) in [5.41, 5.74) is 1.44. The SMILES string of the molecule is CCC(C)[C@@H]1NCCOc2ccccc2CCCNC(=O)[C@@H](Cc2ccc(C)cc2)NC(=O)[C@H](C(C)(C)O)N(C)C1=O. The molecule has 0 saturated heterocycles. The molecule has 0 spiro atoms. The van der Waals surface area contributed by atoms with Gasteiger partial charge in [0.05, 0.1) is 11.6 Å². The first-order valence-corrected chi connectivity index (χ1v) is 15.0. The molecular formula is C33H48N4O5. The van der Waals surface area contributed by atoms with Crippen molar-refractivity contribution in [2.24, 2.45) is 5.92 Å². The molecule has 9 heteroatoms. The van der Waals surface area contributed by atoms with E-state index in [1.807, 2.05) is 69.3 Å². The van der Waals surface area contributed by atoms with Gasteiger partial charge in [0, 0.05) is 26.6 Å². The highest BCUT2D eigenvalue weighted by molar-refractivity contribution is 5.94. The van der Waals surface area contributed by atoms with Crippen molar-refractivity contribution in [2.75, 3.05) is 26.7 Å². The van der Waals surface area contributed by atoms with E-state index in [1.165, 1.54) is 25.8 Å². The van der Waals surface area contributed by atoms with Crippen molar-refractivity contribution < 1.29 is 24.2 Å². The predicted molar refractivity (Wildman–Crippen MR) is 164 cm³/mol. The second kappa shape index (κ2) is 15.2. The van der Waals surface area contributed by atoms with Crippen molar-refractivity contribution in [3.05, 3.63) is 65.2 Å². The van der Waals surface area contributed by atoms with Crippen molar-refractivity contribution in [2.45, 2.75) is 84.0 Å². The Morgan fingerprint density at radius 2 is 1.74 bits per heavy atom. The average molecular weight is 581 g/mol. The molecule has 0 fully saturated rings. The number of aryl methyl sites for hydroxylation is 2. The first-order valence-electron chi connectivity index (χ1n) is 15.0. The summed E-state index contributed by atoms with van der Waals surface area (Å²) in [5, 5.41) is 20.3. The fraction of sp³-hybridized carbons (Fsp3) is 0.545. The van der Waals surface area contributed by atoms with Gasteiger partial charge in [-0.05, 0) is 56.7 Å². The Morgan fingerprint density at radius 1 is 1.05 bits per heavy atom. The zero-order valence-corrected chi connectivity index (χ0v) is 25.9. The minimum Gasteiger partial charge on any atom is -0.492 e. The van der Waals surface area contributed by atoms with E-state index in [-0.39, 0.29) is 24.2 Å². The molecule has 230 valence electrons. The number of hydrogen-bond donors (Lipinski definition) is 4. The third-order valence-corrected chi connectivity index (χ3v) is 7.94. The largest absolute Gasteiger partial charge is 0.492 e. The Balaban J connectivity index is 1.96. The molecule has 2 aromatic carbocycles. The molecule has 0 aliphatic carbocycles. The average Bonchev–Trinajstić information content (AvgIpc) is 2.94. The summed E-state index contributed by atoms with van der Waals surface area (Å²) in [5.74, 6) is -0.484. The highest BCUT2D eigenvalue weighted by Gasteiger charge is 2.42. The molecule has 0 saturated carbocycles. The number of nitrogens with zero attached hydrogens (tertiary/aromatic N) is 1. The van der Waals surface area contributed by atoms with Gasteiger partial charge in [0.15, 0.2) is 0 Å². The maximum absolute atomic E-state index is 13.9. The summed E-state index contributed by atoms with van der Waals surface area (Å²) in [7, 11) is 1.53. The lowest BCUT2D eigenvalue weighted by Gasteiger charge is -2.39. The first-order chi connectivity index (χ1) is 19.9. The number of ether oxygens (including phenoxy) is 1. The lowest BCUT2D eigenvalue weighted by Crippen LogP contribution is -2.64. The molecule has 1 aliphatic heterocycles. The van der Waals surface area contributed by atoms with Crippen molar-refractivity contribution in [1.29, 1.82) is 0 Å². The number of likely N-dealkylation sites (N-methyl/N-ethyl adjacent to an activating group) is 1. The van der Waals surface area contributed by atoms with Crippen LogP contribution in [-0.4, -0.2) is 78.2 Å². The van der Waals surface area contributed by atoms with Crippen LogP contribution in [0.3, 0.4) is 0 Å². The van der Waals surface area contributed by atoms with E-state index in [4.69, 9.17) is 4.74 Å². The van der Waals surface area contributed by atoms with E-state index in [0.29, 0.717) is 32.5 Å². The Bertz CT molecular complexity index is 1190. The molecule has 1 aliphatic rings. The van der Waals surface area contributed by atoms with Crippen LogP contribution in [0.4, 0.5) is 0 Å². The quantitative estimate of drug-likeness (QED) is 0.432. The van der Waals surface area contributed by atoms with Crippen LogP contribution in [0.5, 0.6) is 5.75 Å². The van der Waals surface area contributed by atoms with Crippen LogP contribution in [0.25, 0.3) is 0 Å². The van der Waals surface area contributed by atoms with Crippen LogP contribution in [0.1, 0.15) is 57.2 Å². The highest BCUT2D eigenvalue weighted by Crippen LogP contribution is 2.21. The molecule has 4 N–H and O–H groups in total. The number of carbonyl (C=O) groups excluding carboxylic acids is 3. The lowest BCUT2D eigenvalue weighted by atomic mass is 9.92. The van der Waals surface area contributed by atoms with Crippen molar-refractivity contribution in [3.63, 3.8) is 0 Å². The monoisotopic (exact) mass is 580 g/mol. The van der Waals surface area contributed by atoms with Crippen LogP contribution in [-0.2, 0) is 27.2 Å². The van der Waals surface area contributed by atoms with E-state index in [9.17, 15) is 19.5 Å². The van der Waals surface area contributed by atoms with Crippen LogP contribution < -0.4 is 20.7 Å². The summed E-state index contributed by atoms with van der Waals surface area (Å²) < 4.78 is 6.08. The molecule has 42 heavy (non-hydrogen) atoms. The minimum atomic E-state index is -1.58. The Kier molecular flexibility index (Phi) is 11.9. The van der Waals surface area contributed by atoms with Gasteiger partial charge in [-0.15, -0.1) is 0 Å². The Morgan fingerprint density at radius 3 is 2.40 bits per heavy atom. The number of fused-ring (bicyclic) bond motifs is 1. The van der Waals surface area contributed by atoms with Gasteiger partial charge in [-0.25, -0.2) is 0 Å². The topological polar surface area (TPSA) is 120 Å². The smallest absolute Gasteiger partial charge is 0.246 e. The Hall–Kier alpha value is -3.43.